The Morgan fingerprint density at radius 2 is 1.83 bits per heavy atom. The van der Waals surface area contributed by atoms with Crippen LogP contribution in [0.4, 0.5) is 4.39 Å². The van der Waals surface area contributed by atoms with Gasteiger partial charge in [-0.15, -0.1) is 0 Å². The van der Waals surface area contributed by atoms with E-state index in [2.05, 4.69) is 0 Å². The van der Waals surface area contributed by atoms with Crippen LogP contribution in [0, 0.1) is 19.7 Å². The van der Waals surface area contributed by atoms with Crippen molar-refractivity contribution < 1.29 is 19.0 Å². The predicted octanol–water partition coefficient (Wildman–Crippen LogP) is 4.58. The lowest BCUT2D eigenvalue weighted by atomic mass is 10.1. The molecule has 0 unspecified atom stereocenters. The molecule has 150 valence electrons. The average molecular weight is 416 g/mol. The molecule has 1 N–H and O–H groups in total. The number of pyridine rings is 1. The largest absolute Gasteiger partial charge is 0.487 e. The number of carbonyl (C=O) groups is 1. The number of aryl methyl sites for hydroxylation is 2. The van der Waals surface area contributed by atoms with Crippen molar-refractivity contribution >= 4 is 17.6 Å². The van der Waals surface area contributed by atoms with E-state index in [-0.39, 0.29) is 35.3 Å². The Morgan fingerprint density at radius 3 is 2.45 bits per heavy atom. The molecular weight excluding hydrogens is 397 g/mol. The molecule has 1 aromatic heterocycles. The number of aromatic nitrogens is 1. The van der Waals surface area contributed by atoms with Crippen molar-refractivity contribution in [3.63, 3.8) is 0 Å². The van der Waals surface area contributed by atoms with Gasteiger partial charge in [0.1, 0.15) is 23.2 Å². The molecule has 0 aliphatic carbocycles. The average Bonchev–Trinajstić information content (AvgIpc) is 2.68. The Labute approximate surface area is 171 Å². The minimum atomic E-state index is -1.01. The summed E-state index contributed by atoms with van der Waals surface area (Å²) >= 11 is 6.20. The number of hydrogen-bond donors (Lipinski definition) is 1. The maximum atomic E-state index is 14.0. The van der Waals surface area contributed by atoms with Gasteiger partial charge in [-0.3, -0.25) is 4.79 Å². The fourth-order valence-corrected chi connectivity index (χ4v) is 3.09. The fourth-order valence-electron chi connectivity index (χ4n) is 2.88. The summed E-state index contributed by atoms with van der Waals surface area (Å²) in [6, 6.07) is 12.7. The molecule has 0 radical (unpaired) electrons. The van der Waals surface area contributed by atoms with Gasteiger partial charge in [-0.05, 0) is 43.2 Å². The van der Waals surface area contributed by atoms with Crippen LogP contribution in [-0.2, 0) is 13.2 Å². The highest BCUT2D eigenvalue weighted by molar-refractivity contribution is 6.31. The first kappa shape index (κ1) is 20.6. The zero-order valence-electron chi connectivity index (χ0n) is 15.9. The highest BCUT2D eigenvalue weighted by Gasteiger charge is 2.14. The van der Waals surface area contributed by atoms with Crippen LogP contribution in [0.3, 0.4) is 0 Å². The summed E-state index contributed by atoms with van der Waals surface area (Å²) in [5.74, 6) is -1.21. The third-order valence-corrected chi connectivity index (χ3v) is 4.90. The summed E-state index contributed by atoms with van der Waals surface area (Å²) in [6.07, 6.45) is 0. The number of hydrogen-bond acceptors (Lipinski definition) is 3. The van der Waals surface area contributed by atoms with E-state index >= 15 is 0 Å². The molecule has 0 saturated carbocycles. The molecule has 3 aromatic rings. The van der Waals surface area contributed by atoms with Gasteiger partial charge in [-0.2, -0.15) is 0 Å². The molecule has 0 bridgehead atoms. The van der Waals surface area contributed by atoms with Crippen LogP contribution in [0.2, 0.25) is 5.02 Å². The van der Waals surface area contributed by atoms with E-state index in [1.807, 2.05) is 0 Å². The van der Waals surface area contributed by atoms with Crippen LogP contribution in [0.15, 0.2) is 53.3 Å². The molecule has 5 nitrogen and oxygen atoms in total. The molecule has 0 saturated heterocycles. The predicted molar refractivity (Wildman–Crippen MR) is 108 cm³/mol. The van der Waals surface area contributed by atoms with Crippen molar-refractivity contribution in [1.82, 2.24) is 4.57 Å². The smallest absolute Gasteiger partial charge is 0.335 e. The monoisotopic (exact) mass is 415 g/mol. The van der Waals surface area contributed by atoms with Crippen molar-refractivity contribution in [3.05, 3.63) is 97.7 Å². The van der Waals surface area contributed by atoms with Gasteiger partial charge < -0.3 is 14.4 Å². The van der Waals surface area contributed by atoms with Gasteiger partial charge >= 0.3 is 5.97 Å². The maximum absolute atomic E-state index is 14.0. The number of rotatable bonds is 6. The Hall–Kier alpha value is -3.12. The minimum absolute atomic E-state index is 0.0502. The molecule has 0 spiro atoms. The summed E-state index contributed by atoms with van der Waals surface area (Å²) in [5, 5.41) is 8.88. The lowest BCUT2D eigenvalue weighted by Gasteiger charge is -2.15. The molecular formula is C22H19ClFNO4. The van der Waals surface area contributed by atoms with E-state index in [0.717, 1.165) is 11.1 Å². The molecule has 0 aliphatic heterocycles. The Kier molecular flexibility index (Phi) is 6.03. The van der Waals surface area contributed by atoms with Gasteiger partial charge in [0, 0.05) is 17.3 Å². The number of benzene rings is 2. The third-order valence-electron chi connectivity index (χ3n) is 4.55. The zero-order chi connectivity index (χ0) is 21.1. The minimum Gasteiger partial charge on any atom is -0.487 e. The zero-order valence-corrected chi connectivity index (χ0v) is 16.7. The molecule has 0 fully saturated rings. The molecule has 0 amide bonds. The summed E-state index contributed by atoms with van der Waals surface area (Å²) in [6.45, 7) is 3.72. The Balaban J connectivity index is 1.82. The highest BCUT2D eigenvalue weighted by atomic mass is 35.5. The first-order valence-corrected chi connectivity index (χ1v) is 9.24. The summed E-state index contributed by atoms with van der Waals surface area (Å²) in [4.78, 5) is 23.6. The SMILES string of the molecule is Cc1ccc(COc2cc(C)n(Cc3ccc(C(=O)O)cc3)c(=O)c2Cl)c(F)c1. The van der Waals surface area contributed by atoms with Crippen LogP contribution in [0.25, 0.3) is 0 Å². The summed E-state index contributed by atoms with van der Waals surface area (Å²) in [5.41, 5.74) is 2.27. The van der Waals surface area contributed by atoms with E-state index in [1.54, 1.807) is 44.2 Å². The molecule has 0 atom stereocenters. The normalized spacial score (nSPS) is 10.8. The number of aromatic carboxylic acids is 1. The number of carboxylic acids is 1. The Morgan fingerprint density at radius 1 is 1.14 bits per heavy atom. The molecule has 29 heavy (non-hydrogen) atoms. The topological polar surface area (TPSA) is 68.5 Å². The van der Waals surface area contributed by atoms with Gasteiger partial charge in [-0.1, -0.05) is 35.9 Å². The van der Waals surface area contributed by atoms with Crippen LogP contribution in [0.1, 0.15) is 32.7 Å². The van der Waals surface area contributed by atoms with E-state index in [9.17, 15) is 14.0 Å². The van der Waals surface area contributed by atoms with E-state index in [0.29, 0.717) is 11.3 Å². The van der Waals surface area contributed by atoms with E-state index in [4.69, 9.17) is 21.4 Å². The molecule has 0 aliphatic rings. The van der Waals surface area contributed by atoms with Crippen molar-refractivity contribution in [2.24, 2.45) is 0 Å². The third kappa shape index (κ3) is 4.66. The van der Waals surface area contributed by atoms with Crippen LogP contribution >= 0.6 is 11.6 Å². The first-order valence-electron chi connectivity index (χ1n) is 8.86. The van der Waals surface area contributed by atoms with Gasteiger partial charge in [0.25, 0.3) is 5.56 Å². The van der Waals surface area contributed by atoms with E-state index in [1.165, 1.54) is 22.8 Å². The van der Waals surface area contributed by atoms with Gasteiger partial charge in [0.05, 0.1) is 12.1 Å². The summed E-state index contributed by atoms with van der Waals surface area (Å²) in [7, 11) is 0. The fraction of sp³-hybridized carbons (Fsp3) is 0.182. The molecule has 7 heteroatoms. The van der Waals surface area contributed by atoms with Crippen molar-refractivity contribution in [3.8, 4) is 5.75 Å². The van der Waals surface area contributed by atoms with Crippen LogP contribution < -0.4 is 10.3 Å². The first-order chi connectivity index (χ1) is 13.8. The number of nitrogens with zero attached hydrogens (tertiary/aromatic N) is 1. The lowest BCUT2D eigenvalue weighted by molar-refractivity contribution is 0.0697. The molecule has 3 rings (SSSR count). The van der Waals surface area contributed by atoms with Gasteiger partial charge in [-0.25, -0.2) is 9.18 Å². The maximum Gasteiger partial charge on any atom is 0.335 e. The quantitative estimate of drug-likeness (QED) is 0.639. The van der Waals surface area contributed by atoms with Crippen molar-refractivity contribution in [1.29, 1.82) is 0 Å². The second kappa shape index (κ2) is 8.49. The second-order valence-corrected chi connectivity index (χ2v) is 7.12. The molecule has 1 heterocycles. The number of ether oxygens (including phenoxy) is 1. The van der Waals surface area contributed by atoms with Gasteiger partial charge in [0.15, 0.2) is 0 Å². The lowest BCUT2D eigenvalue weighted by Crippen LogP contribution is -2.24. The number of halogens is 2. The molecule has 2 aromatic carbocycles. The summed E-state index contributed by atoms with van der Waals surface area (Å²) < 4.78 is 21.1. The number of carboxylic acid groups (broad SMARTS) is 1. The Bertz CT molecular complexity index is 1120. The standard InChI is InChI=1S/C22H19ClFNO4/c1-13-3-6-17(18(24)9-13)12-29-19-10-14(2)25(21(26)20(19)23)11-15-4-7-16(8-5-15)22(27)28/h3-10H,11-12H2,1-2H3,(H,27,28). The van der Waals surface area contributed by atoms with Gasteiger partial charge in [0.2, 0.25) is 0 Å². The van der Waals surface area contributed by atoms with Crippen molar-refractivity contribution in [2.45, 2.75) is 27.0 Å². The highest BCUT2D eigenvalue weighted by Crippen LogP contribution is 2.24. The van der Waals surface area contributed by atoms with Crippen LogP contribution in [0.5, 0.6) is 5.75 Å². The second-order valence-electron chi connectivity index (χ2n) is 6.74. The van der Waals surface area contributed by atoms with E-state index < -0.39 is 11.5 Å². The van der Waals surface area contributed by atoms with Crippen molar-refractivity contribution in [2.75, 3.05) is 0 Å². The van der Waals surface area contributed by atoms with Crippen LogP contribution in [-0.4, -0.2) is 15.6 Å².